The summed E-state index contributed by atoms with van der Waals surface area (Å²) in [4.78, 5) is 41.0. The lowest BCUT2D eigenvalue weighted by atomic mass is 9.78. The molecule has 0 radical (unpaired) electrons. The Bertz CT molecular complexity index is 607. The number of amides is 1. The van der Waals surface area contributed by atoms with Gasteiger partial charge in [0.25, 0.3) is 11.5 Å². The first-order valence-electron chi connectivity index (χ1n) is 6.93. The van der Waals surface area contributed by atoms with E-state index >= 15 is 0 Å². The predicted molar refractivity (Wildman–Crippen MR) is 72.4 cm³/mol. The zero-order chi connectivity index (χ0) is 14.3. The van der Waals surface area contributed by atoms with E-state index in [0.717, 1.165) is 25.3 Å². The molecule has 20 heavy (non-hydrogen) atoms. The number of H-pyrrole nitrogens is 2. The van der Waals surface area contributed by atoms with Gasteiger partial charge < -0.3 is 15.6 Å². The van der Waals surface area contributed by atoms with Gasteiger partial charge in [-0.1, -0.05) is 6.42 Å². The molecule has 1 aliphatic carbocycles. The van der Waals surface area contributed by atoms with Gasteiger partial charge in [-0.2, -0.15) is 0 Å². The van der Waals surface area contributed by atoms with Crippen molar-refractivity contribution < 1.29 is 4.79 Å². The van der Waals surface area contributed by atoms with Gasteiger partial charge in [-0.3, -0.25) is 14.6 Å². The number of aromatic amines is 2. The molecule has 1 aromatic heterocycles. The van der Waals surface area contributed by atoms with Crippen LogP contribution in [-0.2, 0) is 0 Å². The van der Waals surface area contributed by atoms with E-state index < -0.39 is 11.2 Å². The molecular formula is C13H18N4O3. The van der Waals surface area contributed by atoms with Gasteiger partial charge in [0.15, 0.2) is 0 Å². The summed E-state index contributed by atoms with van der Waals surface area (Å²) in [6, 6.07) is 1.27. The van der Waals surface area contributed by atoms with Gasteiger partial charge in [0, 0.05) is 25.2 Å². The lowest BCUT2D eigenvalue weighted by Gasteiger charge is -2.29. The van der Waals surface area contributed by atoms with E-state index in [1.165, 1.54) is 0 Å². The number of rotatable bonds is 1. The molecule has 1 aliphatic heterocycles. The minimum Gasteiger partial charge on any atom is -0.337 e. The number of fused-ring (bicyclic) bond motifs is 1. The Hall–Kier alpha value is -1.89. The Morgan fingerprint density at radius 3 is 2.75 bits per heavy atom. The Morgan fingerprint density at radius 2 is 2.05 bits per heavy atom. The summed E-state index contributed by atoms with van der Waals surface area (Å²) < 4.78 is 0. The largest absolute Gasteiger partial charge is 0.337 e. The second kappa shape index (κ2) is 4.90. The number of nitrogens with two attached hydrogens (primary N) is 1. The fourth-order valence-corrected chi connectivity index (χ4v) is 3.44. The molecule has 0 aromatic carbocycles. The average Bonchev–Trinajstić information content (AvgIpc) is 2.82. The lowest BCUT2D eigenvalue weighted by Crippen LogP contribution is -2.38. The molecule has 7 heteroatoms. The molecule has 2 aliphatic rings. The molecule has 7 nitrogen and oxygen atoms in total. The van der Waals surface area contributed by atoms with Crippen LogP contribution in [0.5, 0.6) is 0 Å². The van der Waals surface area contributed by atoms with Crippen LogP contribution in [0.15, 0.2) is 15.7 Å². The van der Waals surface area contributed by atoms with E-state index in [1.54, 1.807) is 4.90 Å². The standard InChI is InChI=1S/C13H18N4O3/c14-9-3-1-2-7-5-17(6-8(7)9)12(19)10-4-11(18)16-13(20)15-10/h4,7-9H,1-3,5-6,14H2,(H2,15,16,18,20). The van der Waals surface area contributed by atoms with Crippen molar-refractivity contribution in [1.29, 1.82) is 0 Å². The molecule has 2 fully saturated rings. The van der Waals surface area contributed by atoms with Crippen LogP contribution >= 0.6 is 0 Å². The smallest absolute Gasteiger partial charge is 0.326 e. The maximum absolute atomic E-state index is 12.4. The summed E-state index contributed by atoms with van der Waals surface area (Å²) in [6.45, 7) is 1.27. The van der Waals surface area contributed by atoms with Crippen LogP contribution in [0.1, 0.15) is 29.8 Å². The highest BCUT2D eigenvalue weighted by Crippen LogP contribution is 2.35. The van der Waals surface area contributed by atoms with Crippen LogP contribution in [-0.4, -0.2) is 39.9 Å². The Labute approximate surface area is 115 Å². The number of nitrogens with zero attached hydrogens (tertiary/aromatic N) is 1. The van der Waals surface area contributed by atoms with Crippen molar-refractivity contribution >= 4 is 5.91 Å². The SMILES string of the molecule is NC1CCCC2CN(C(=O)c3cc(=O)[nH]c(=O)[nH]3)CC12. The highest BCUT2D eigenvalue weighted by atomic mass is 16.2. The zero-order valence-electron chi connectivity index (χ0n) is 11.1. The van der Waals surface area contributed by atoms with Crippen LogP contribution in [0.3, 0.4) is 0 Å². The van der Waals surface area contributed by atoms with Crippen LogP contribution in [0.25, 0.3) is 0 Å². The van der Waals surface area contributed by atoms with Crippen molar-refractivity contribution in [1.82, 2.24) is 14.9 Å². The monoisotopic (exact) mass is 278 g/mol. The lowest BCUT2D eigenvalue weighted by molar-refractivity contribution is 0.0777. The third-order valence-corrected chi connectivity index (χ3v) is 4.43. The summed E-state index contributed by atoms with van der Waals surface area (Å²) in [5.41, 5.74) is 4.94. The second-order valence-corrected chi connectivity index (χ2v) is 5.73. The molecule has 108 valence electrons. The number of likely N-dealkylation sites (tertiary alicyclic amines) is 1. The predicted octanol–water partition coefficient (Wildman–Crippen LogP) is -0.737. The molecule has 0 bridgehead atoms. The average molecular weight is 278 g/mol. The summed E-state index contributed by atoms with van der Waals surface area (Å²) in [7, 11) is 0. The fourth-order valence-electron chi connectivity index (χ4n) is 3.44. The van der Waals surface area contributed by atoms with Crippen molar-refractivity contribution in [3.05, 3.63) is 32.6 Å². The summed E-state index contributed by atoms with van der Waals surface area (Å²) in [5, 5.41) is 0. The minimum absolute atomic E-state index is 0.0472. The first-order chi connectivity index (χ1) is 9.54. The molecule has 3 atom stereocenters. The third-order valence-electron chi connectivity index (χ3n) is 4.43. The van der Waals surface area contributed by atoms with E-state index in [-0.39, 0.29) is 17.6 Å². The van der Waals surface area contributed by atoms with Gasteiger partial charge in [0.1, 0.15) is 5.69 Å². The van der Waals surface area contributed by atoms with Crippen molar-refractivity contribution in [3.63, 3.8) is 0 Å². The molecule has 1 saturated carbocycles. The first-order valence-corrected chi connectivity index (χ1v) is 6.93. The quantitative estimate of drug-likeness (QED) is 0.628. The van der Waals surface area contributed by atoms with E-state index in [1.807, 2.05) is 0 Å². The van der Waals surface area contributed by atoms with Gasteiger partial charge in [0.2, 0.25) is 0 Å². The Morgan fingerprint density at radius 1 is 1.25 bits per heavy atom. The van der Waals surface area contributed by atoms with Crippen molar-refractivity contribution in [2.45, 2.75) is 25.3 Å². The maximum Gasteiger partial charge on any atom is 0.326 e. The van der Waals surface area contributed by atoms with Gasteiger partial charge in [-0.05, 0) is 24.7 Å². The second-order valence-electron chi connectivity index (χ2n) is 5.73. The van der Waals surface area contributed by atoms with Crippen molar-refractivity contribution in [2.24, 2.45) is 17.6 Å². The fraction of sp³-hybridized carbons (Fsp3) is 0.615. The van der Waals surface area contributed by atoms with E-state index in [9.17, 15) is 14.4 Å². The van der Waals surface area contributed by atoms with Crippen LogP contribution in [0.4, 0.5) is 0 Å². The Kier molecular flexibility index (Phi) is 3.21. The number of hydrogen-bond donors (Lipinski definition) is 3. The van der Waals surface area contributed by atoms with Crippen LogP contribution in [0, 0.1) is 11.8 Å². The first kappa shape index (κ1) is 13.1. The zero-order valence-corrected chi connectivity index (χ0v) is 11.1. The molecule has 1 amide bonds. The molecule has 3 unspecified atom stereocenters. The topological polar surface area (TPSA) is 112 Å². The summed E-state index contributed by atoms with van der Waals surface area (Å²) in [6.07, 6.45) is 3.20. The number of nitrogens with one attached hydrogen (secondary N) is 2. The molecule has 3 rings (SSSR count). The number of hydrogen-bond acceptors (Lipinski definition) is 4. The number of aromatic nitrogens is 2. The van der Waals surface area contributed by atoms with Gasteiger partial charge >= 0.3 is 5.69 Å². The molecule has 1 aromatic rings. The van der Waals surface area contributed by atoms with E-state index in [0.29, 0.717) is 24.9 Å². The maximum atomic E-state index is 12.4. The van der Waals surface area contributed by atoms with Gasteiger partial charge in [0.05, 0.1) is 0 Å². The highest BCUT2D eigenvalue weighted by molar-refractivity contribution is 5.92. The molecule has 4 N–H and O–H groups in total. The number of carbonyl (C=O) groups is 1. The van der Waals surface area contributed by atoms with Crippen LogP contribution < -0.4 is 17.0 Å². The Balaban J connectivity index is 1.82. The summed E-state index contributed by atoms with van der Waals surface area (Å²) >= 11 is 0. The van der Waals surface area contributed by atoms with Gasteiger partial charge in [-0.25, -0.2) is 4.79 Å². The third kappa shape index (κ3) is 2.29. The molecular weight excluding hydrogens is 260 g/mol. The van der Waals surface area contributed by atoms with Crippen molar-refractivity contribution in [2.75, 3.05) is 13.1 Å². The van der Waals surface area contributed by atoms with Crippen molar-refractivity contribution in [3.8, 4) is 0 Å². The van der Waals surface area contributed by atoms with E-state index in [4.69, 9.17) is 5.73 Å². The van der Waals surface area contributed by atoms with Crippen LogP contribution in [0.2, 0.25) is 0 Å². The van der Waals surface area contributed by atoms with E-state index in [2.05, 4.69) is 9.97 Å². The van der Waals surface area contributed by atoms with Gasteiger partial charge in [-0.15, -0.1) is 0 Å². The summed E-state index contributed by atoms with van der Waals surface area (Å²) in [5.74, 6) is 0.479. The highest BCUT2D eigenvalue weighted by Gasteiger charge is 2.40. The molecule has 2 heterocycles. The molecule has 0 spiro atoms. The number of carbonyl (C=O) groups excluding carboxylic acids is 1. The normalized spacial score (nSPS) is 29.2. The minimum atomic E-state index is -0.658. The molecule has 1 saturated heterocycles.